The smallest absolute Gasteiger partial charge is 0.349 e. The van der Waals surface area contributed by atoms with Gasteiger partial charge in [0.25, 0.3) is 0 Å². The van der Waals surface area contributed by atoms with Gasteiger partial charge in [0.05, 0.1) is 18.0 Å². The Morgan fingerprint density at radius 1 is 1.12 bits per heavy atom. The van der Waals surface area contributed by atoms with Crippen molar-refractivity contribution in [1.82, 2.24) is 0 Å². The van der Waals surface area contributed by atoms with Crippen LogP contribution in [0.5, 0.6) is 0 Å². The van der Waals surface area contributed by atoms with E-state index in [1.165, 1.54) is 0 Å². The first-order valence-electron chi connectivity index (χ1n) is 6.31. The first-order valence-corrected chi connectivity index (χ1v) is 9.07. The molecule has 0 spiro atoms. The van der Waals surface area contributed by atoms with E-state index in [0.717, 1.165) is 6.61 Å². The maximum atomic E-state index is 6.54. The molecule has 1 saturated heterocycles. The summed E-state index contributed by atoms with van der Waals surface area (Å²) in [6.07, 6.45) is 2.47. The fourth-order valence-corrected chi connectivity index (χ4v) is 9.06. The van der Waals surface area contributed by atoms with E-state index in [4.69, 9.17) is 8.85 Å². The highest BCUT2D eigenvalue weighted by Crippen LogP contribution is 2.55. The van der Waals surface area contributed by atoms with Gasteiger partial charge in [0.1, 0.15) is 0 Å². The van der Waals surface area contributed by atoms with E-state index in [1.807, 2.05) is 11.8 Å². The van der Waals surface area contributed by atoms with E-state index in [1.54, 1.807) is 0 Å². The van der Waals surface area contributed by atoms with Crippen molar-refractivity contribution in [3.05, 3.63) is 11.5 Å². The van der Waals surface area contributed by atoms with Gasteiger partial charge in [-0.05, 0) is 11.5 Å². The van der Waals surface area contributed by atoms with E-state index in [9.17, 15) is 0 Å². The van der Waals surface area contributed by atoms with E-state index in [2.05, 4.69) is 53.0 Å². The third-order valence-electron chi connectivity index (χ3n) is 3.62. The molecule has 2 aliphatic rings. The first-order chi connectivity index (χ1) is 7.67. The number of hydrogen-bond donors (Lipinski definition) is 0. The largest absolute Gasteiger partial charge is 0.392 e. The normalized spacial score (nSPS) is 32.6. The Bertz CT molecular complexity index is 313. The van der Waals surface area contributed by atoms with Gasteiger partial charge in [0.2, 0.25) is 0 Å². The fraction of sp³-hybridized carbons (Fsp3) is 0.846. The summed E-state index contributed by atoms with van der Waals surface area (Å²) < 4.78 is 12.9. The molecule has 0 aliphatic carbocycles. The monoisotopic (exact) mass is 272 g/mol. The van der Waals surface area contributed by atoms with Crippen molar-refractivity contribution in [3.8, 4) is 0 Å². The number of thioether (sulfide) groups is 1. The van der Waals surface area contributed by atoms with Crippen molar-refractivity contribution < 1.29 is 8.85 Å². The van der Waals surface area contributed by atoms with Crippen molar-refractivity contribution in [2.75, 3.05) is 6.61 Å². The molecule has 2 heterocycles. The molecule has 2 atom stereocenters. The van der Waals surface area contributed by atoms with E-state index in [-0.39, 0.29) is 16.2 Å². The van der Waals surface area contributed by atoms with Crippen LogP contribution in [0.15, 0.2) is 11.5 Å². The second kappa shape index (κ2) is 4.12. The zero-order valence-electron chi connectivity index (χ0n) is 11.7. The first kappa shape index (κ1) is 13.7. The van der Waals surface area contributed by atoms with Gasteiger partial charge in [-0.25, -0.2) is 0 Å². The summed E-state index contributed by atoms with van der Waals surface area (Å²) in [5.41, 5.74) is 0. The molecule has 0 saturated carbocycles. The highest BCUT2D eigenvalue weighted by atomic mass is 32.2. The molecule has 2 aliphatic heterocycles. The van der Waals surface area contributed by atoms with Gasteiger partial charge in [-0.1, -0.05) is 41.5 Å². The van der Waals surface area contributed by atoms with Gasteiger partial charge in [-0.15, -0.1) is 11.8 Å². The summed E-state index contributed by atoms with van der Waals surface area (Å²) >= 11 is 1.84. The van der Waals surface area contributed by atoms with Crippen molar-refractivity contribution >= 4 is 20.3 Å². The summed E-state index contributed by atoms with van der Waals surface area (Å²) in [7, 11) is -2.24. The molecule has 0 aromatic carbocycles. The van der Waals surface area contributed by atoms with E-state index >= 15 is 0 Å². The number of rotatable bonds is 0. The lowest BCUT2D eigenvalue weighted by Crippen LogP contribution is -2.63. The van der Waals surface area contributed by atoms with Gasteiger partial charge < -0.3 is 8.85 Å². The Kier molecular flexibility index (Phi) is 3.31. The Morgan fingerprint density at radius 2 is 1.71 bits per heavy atom. The number of fused-ring (bicyclic) bond motifs is 1. The molecule has 1 fully saturated rings. The molecular weight excluding hydrogens is 248 g/mol. The molecule has 2 unspecified atom stereocenters. The Labute approximate surface area is 110 Å². The highest BCUT2D eigenvalue weighted by molar-refractivity contribution is 8.03. The summed E-state index contributed by atoms with van der Waals surface area (Å²) in [4.78, 5) is 0. The average Bonchev–Trinajstić information content (AvgIpc) is 2.59. The van der Waals surface area contributed by atoms with Gasteiger partial charge in [0, 0.05) is 10.1 Å². The van der Waals surface area contributed by atoms with Crippen molar-refractivity contribution in [1.29, 1.82) is 0 Å². The SMILES string of the molecule is CC(C)(C)[Si]1(C(C)(C)C)OCC2SC=CC2O1. The van der Waals surface area contributed by atoms with Gasteiger partial charge >= 0.3 is 8.56 Å². The van der Waals surface area contributed by atoms with Crippen LogP contribution >= 0.6 is 11.8 Å². The van der Waals surface area contributed by atoms with Crippen molar-refractivity contribution in [2.24, 2.45) is 0 Å². The number of hydrogen-bond acceptors (Lipinski definition) is 3. The lowest BCUT2D eigenvalue weighted by atomic mass is 10.2. The van der Waals surface area contributed by atoms with E-state index in [0.29, 0.717) is 5.25 Å². The van der Waals surface area contributed by atoms with Crippen LogP contribution in [0.2, 0.25) is 10.1 Å². The van der Waals surface area contributed by atoms with Crippen LogP contribution in [0.3, 0.4) is 0 Å². The van der Waals surface area contributed by atoms with Crippen LogP contribution in [0, 0.1) is 0 Å². The van der Waals surface area contributed by atoms with Crippen LogP contribution in [0.4, 0.5) is 0 Å². The molecule has 98 valence electrons. The molecule has 0 N–H and O–H groups in total. The van der Waals surface area contributed by atoms with Crippen LogP contribution in [0.25, 0.3) is 0 Å². The molecule has 0 amide bonds. The van der Waals surface area contributed by atoms with Crippen LogP contribution < -0.4 is 0 Å². The molecule has 0 aromatic rings. The highest BCUT2D eigenvalue weighted by Gasteiger charge is 2.61. The Hall–Kier alpha value is 0.227. The quantitative estimate of drug-likeness (QED) is 0.619. The molecule has 17 heavy (non-hydrogen) atoms. The summed E-state index contributed by atoms with van der Waals surface area (Å²) in [6.45, 7) is 14.4. The minimum Gasteiger partial charge on any atom is -0.392 e. The molecule has 2 nitrogen and oxygen atoms in total. The fourth-order valence-electron chi connectivity index (χ4n) is 3.01. The molecule has 2 rings (SSSR count). The summed E-state index contributed by atoms with van der Waals surface area (Å²) in [5.74, 6) is 0. The predicted molar refractivity (Wildman–Crippen MR) is 76.5 cm³/mol. The van der Waals surface area contributed by atoms with Gasteiger partial charge in [0.15, 0.2) is 0 Å². The molecular formula is C13H24O2SSi. The lowest BCUT2D eigenvalue weighted by Gasteiger charge is -2.53. The maximum absolute atomic E-state index is 6.54. The third-order valence-corrected chi connectivity index (χ3v) is 9.81. The van der Waals surface area contributed by atoms with Crippen molar-refractivity contribution in [3.63, 3.8) is 0 Å². The zero-order chi connectivity index (χ0) is 12.9. The standard InChI is InChI=1S/C13H24O2SSi/c1-12(2,3)17(13(4,5)6)14-9-11-10(15-17)7-8-16-11/h7-8,10-11H,9H2,1-6H3. The molecule has 0 aromatic heterocycles. The second-order valence-electron chi connectivity index (χ2n) is 7.01. The predicted octanol–water partition coefficient (Wildman–Crippen LogP) is 4.07. The summed E-state index contributed by atoms with van der Waals surface area (Å²) in [6, 6.07) is 0. The topological polar surface area (TPSA) is 18.5 Å². The molecule has 0 radical (unpaired) electrons. The lowest BCUT2D eigenvalue weighted by molar-refractivity contribution is 0.0490. The van der Waals surface area contributed by atoms with Gasteiger partial charge in [-0.2, -0.15) is 0 Å². The molecule has 4 heteroatoms. The average molecular weight is 272 g/mol. The zero-order valence-corrected chi connectivity index (χ0v) is 13.6. The minimum atomic E-state index is -2.24. The van der Waals surface area contributed by atoms with E-state index < -0.39 is 8.56 Å². The van der Waals surface area contributed by atoms with Crippen LogP contribution in [-0.4, -0.2) is 26.5 Å². The second-order valence-corrected chi connectivity index (χ2v) is 12.9. The van der Waals surface area contributed by atoms with Crippen LogP contribution in [0.1, 0.15) is 41.5 Å². The maximum Gasteiger partial charge on any atom is 0.349 e. The Morgan fingerprint density at radius 3 is 2.24 bits per heavy atom. The molecule has 0 bridgehead atoms. The van der Waals surface area contributed by atoms with Gasteiger partial charge in [-0.3, -0.25) is 0 Å². The third kappa shape index (κ3) is 2.13. The van der Waals surface area contributed by atoms with Crippen molar-refractivity contribution in [2.45, 2.75) is 63.0 Å². The minimum absolute atomic E-state index is 0.0946. The van der Waals surface area contributed by atoms with Crippen LogP contribution in [-0.2, 0) is 8.85 Å². The Balaban J connectivity index is 2.33. The summed E-state index contributed by atoms with van der Waals surface area (Å²) in [5, 5.41) is 2.82.